The molecule has 132 valence electrons. The van der Waals surface area contributed by atoms with Crippen molar-refractivity contribution in [3.05, 3.63) is 12.2 Å². The Morgan fingerprint density at radius 3 is 2.04 bits per heavy atom. The Balaban J connectivity index is 1.83. The maximum Gasteiger partial charge on any atom is 0.331 e. The number of carboxylic acid groups (broad SMARTS) is 2. The van der Waals surface area contributed by atoms with E-state index in [0.29, 0.717) is 6.08 Å². The molecule has 2 N–H and O–H groups in total. The molecule has 10 nitrogen and oxygen atoms in total. The first kappa shape index (κ1) is 17.9. The van der Waals surface area contributed by atoms with E-state index in [1.807, 2.05) is 0 Å². The molecular formula is C14H16O10. The van der Waals surface area contributed by atoms with Crippen molar-refractivity contribution in [1.29, 1.82) is 0 Å². The Bertz CT molecular complexity index is 554. The standard InChI is InChI=1S/C14H16O10/c15-9(16)1-3-11(19)23-7-5-21-14-8(6-22-13(7)14)24-12(20)4-2-10(17)18/h1,3,7-8,13-14H,2,4-6H2,(H,15,16)(H,17,18)/t7-,8+,13-,14-/m1/s1. The van der Waals surface area contributed by atoms with Crippen LogP contribution in [0.15, 0.2) is 12.2 Å². The Labute approximate surface area is 135 Å². The summed E-state index contributed by atoms with van der Waals surface area (Å²) in [5.74, 6) is -3.92. The molecule has 0 spiro atoms. The molecule has 24 heavy (non-hydrogen) atoms. The highest BCUT2D eigenvalue weighted by molar-refractivity contribution is 5.90. The van der Waals surface area contributed by atoms with E-state index in [1.165, 1.54) is 0 Å². The summed E-state index contributed by atoms with van der Waals surface area (Å²) in [7, 11) is 0. The molecule has 2 aliphatic heterocycles. The smallest absolute Gasteiger partial charge is 0.331 e. The second kappa shape index (κ2) is 7.88. The maximum atomic E-state index is 11.6. The van der Waals surface area contributed by atoms with Gasteiger partial charge in [0.15, 0.2) is 12.2 Å². The third kappa shape index (κ3) is 4.77. The van der Waals surface area contributed by atoms with Crippen molar-refractivity contribution < 1.29 is 48.3 Å². The first-order valence-corrected chi connectivity index (χ1v) is 7.13. The minimum absolute atomic E-state index is 0.0190. The van der Waals surface area contributed by atoms with Gasteiger partial charge in [-0.3, -0.25) is 9.59 Å². The normalized spacial score (nSPS) is 28.5. The summed E-state index contributed by atoms with van der Waals surface area (Å²) >= 11 is 0. The number of esters is 2. The first-order chi connectivity index (χ1) is 11.4. The summed E-state index contributed by atoms with van der Waals surface area (Å²) < 4.78 is 21.0. The zero-order valence-electron chi connectivity index (χ0n) is 12.5. The Kier molecular flexibility index (Phi) is 5.88. The highest BCUT2D eigenvalue weighted by atomic mass is 16.7. The number of fused-ring (bicyclic) bond motifs is 1. The van der Waals surface area contributed by atoms with Crippen LogP contribution < -0.4 is 0 Å². The van der Waals surface area contributed by atoms with Gasteiger partial charge in [-0.2, -0.15) is 0 Å². The molecular weight excluding hydrogens is 328 g/mol. The fraction of sp³-hybridized carbons (Fsp3) is 0.571. The number of aliphatic carboxylic acids is 2. The quantitative estimate of drug-likeness (QED) is 0.440. The molecule has 0 radical (unpaired) electrons. The summed E-state index contributed by atoms with van der Waals surface area (Å²) in [5.41, 5.74) is 0. The van der Waals surface area contributed by atoms with Crippen LogP contribution in [-0.2, 0) is 38.1 Å². The van der Waals surface area contributed by atoms with Gasteiger partial charge in [-0.05, 0) is 0 Å². The summed E-state index contributed by atoms with van der Waals surface area (Å²) in [5, 5.41) is 17.0. The highest BCUT2D eigenvalue weighted by Crippen LogP contribution is 2.30. The molecule has 0 aromatic heterocycles. The lowest BCUT2D eigenvalue weighted by Crippen LogP contribution is -2.35. The van der Waals surface area contributed by atoms with E-state index < -0.39 is 48.3 Å². The van der Waals surface area contributed by atoms with E-state index >= 15 is 0 Å². The van der Waals surface area contributed by atoms with Crippen molar-refractivity contribution in [2.75, 3.05) is 13.2 Å². The molecule has 0 aliphatic carbocycles. The van der Waals surface area contributed by atoms with Crippen molar-refractivity contribution in [2.45, 2.75) is 37.3 Å². The van der Waals surface area contributed by atoms with E-state index in [0.717, 1.165) is 6.08 Å². The van der Waals surface area contributed by atoms with Gasteiger partial charge in [0.1, 0.15) is 12.2 Å². The largest absolute Gasteiger partial charge is 0.481 e. The topological polar surface area (TPSA) is 146 Å². The van der Waals surface area contributed by atoms with Crippen molar-refractivity contribution in [3.8, 4) is 0 Å². The molecule has 2 saturated heterocycles. The third-order valence-electron chi connectivity index (χ3n) is 3.42. The second-order valence-corrected chi connectivity index (χ2v) is 5.16. The van der Waals surface area contributed by atoms with Crippen LogP contribution in [0, 0.1) is 0 Å². The Hall–Kier alpha value is -2.46. The number of hydrogen-bond donors (Lipinski definition) is 2. The zero-order valence-corrected chi connectivity index (χ0v) is 12.5. The molecule has 2 aliphatic rings. The van der Waals surface area contributed by atoms with Crippen LogP contribution >= 0.6 is 0 Å². The second-order valence-electron chi connectivity index (χ2n) is 5.16. The minimum Gasteiger partial charge on any atom is -0.481 e. The molecule has 0 bridgehead atoms. The van der Waals surface area contributed by atoms with Crippen LogP contribution in [0.1, 0.15) is 12.8 Å². The molecule has 0 aromatic rings. The van der Waals surface area contributed by atoms with Crippen molar-refractivity contribution >= 4 is 23.9 Å². The lowest BCUT2D eigenvalue weighted by molar-refractivity contribution is -0.156. The Morgan fingerprint density at radius 2 is 1.50 bits per heavy atom. The number of hydrogen-bond acceptors (Lipinski definition) is 8. The average Bonchev–Trinajstić information content (AvgIpc) is 3.07. The van der Waals surface area contributed by atoms with E-state index in [1.54, 1.807) is 0 Å². The van der Waals surface area contributed by atoms with E-state index in [2.05, 4.69) is 0 Å². The molecule has 2 heterocycles. The molecule has 10 heteroatoms. The SMILES string of the molecule is O=C(O)C=CC(=O)O[C@@H]1CO[C@H]2[C@@H]1OC[C@@H]2OC(=O)CCC(=O)O. The van der Waals surface area contributed by atoms with E-state index in [9.17, 15) is 19.2 Å². The molecule has 0 amide bonds. The van der Waals surface area contributed by atoms with Gasteiger partial charge in [0.25, 0.3) is 0 Å². The van der Waals surface area contributed by atoms with Gasteiger partial charge in [0, 0.05) is 12.2 Å². The fourth-order valence-electron chi connectivity index (χ4n) is 2.40. The van der Waals surface area contributed by atoms with Gasteiger partial charge in [-0.15, -0.1) is 0 Å². The van der Waals surface area contributed by atoms with Gasteiger partial charge in [0.05, 0.1) is 26.1 Å². The predicted molar refractivity (Wildman–Crippen MR) is 72.9 cm³/mol. The van der Waals surface area contributed by atoms with Gasteiger partial charge in [-0.1, -0.05) is 0 Å². The maximum absolute atomic E-state index is 11.6. The number of ether oxygens (including phenoxy) is 4. The molecule has 4 atom stereocenters. The van der Waals surface area contributed by atoms with E-state index in [4.69, 9.17) is 29.2 Å². The minimum atomic E-state index is -1.28. The number of carbonyl (C=O) groups excluding carboxylic acids is 2. The van der Waals surface area contributed by atoms with Crippen LogP contribution in [0.4, 0.5) is 0 Å². The predicted octanol–water partition coefficient (Wildman–Crippen LogP) is -0.887. The summed E-state index contributed by atoms with van der Waals surface area (Å²) in [6.45, 7) is 0.0539. The Morgan fingerprint density at radius 1 is 0.917 bits per heavy atom. The number of carboxylic acids is 2. The molecule has 2 rings (SSSR count). The first-order valence-electron chi connectivity index (χ1n) is 7.13. The molecule has 2 fully saturated rings. The zero-order chi connectivity index (χ0) is 17.7. The van der Waals surface area contributed by atoms with Gasteiger partial charge < -0.3 is 29.2 Å². The molecule has 0 saturated carbocycles. The molecule has 0 aromatic carbocycles. The third-order valence-corrected chi connectivity index (χ3v) is 3.42. The summed E-state index contributed by atoms with van der Waals surface area (Å²) in [6.07, 6.45) is -1.89. The van der Waals surface area contributed by atoms with Crippen molar-refractivity contribution in [1.82, 2.24) is 0 Å². The van der Waals surface area contributed by atoms with Crippen molar-refractivity contribution in [3.63, 3.8) is 0 Å². The number of carbonyl (C=O) groups is 4. The lowest BCUT2D eigenvalue weighted by Gasteiger charge is -2.16. The lowest BCUT2D eigenvalue weighted by atomic mass is 10.1. The summed E-state index contributed by atoms with van der Waals surface area (Å²) in [4.78, 5) is 43.8. The van der Waals surface area contributed by atoms with Crippen LogP contribution in [0.25, 0.3) is 0 Å². The van der Waals surface area contributed by atoms with E-state index in [-0.39, 0.29) is 26.1 Å². The number of rotatable bonds is 7. The monoisotopic (exact) mass is 344 g/mol. The van der Waals surface area contributed by atoms with Gasteiger partial charge in [0.2, 0.25) is 0 Å². The fourth-order valence-corrected chi connectivity index (χ4v) is 2.40. The van der Waals surface area contributed by atoms with Gasteiger partial charge in [-0.25, -0.2) is 9.59 Å². The van der Waals surface area contributed by atoms with Crippen molar-refractivity contribution in [2.24, 2.45) is 0 Å². The molecule has 0 unspecified atom stereocenters. The van der Waals surface area contributed by atoms with Crippen LogP contribution in [-0.4, -0.2) is 71.7 Å². The highest BCUT2D eigenvalue weighted by Gasteiger charge is 2.51. The van der Waals surface area contributed by atoms with Crippen LogP contribution in [0.3, 0.4) is 0 Å². The van der Waals surface area contributed by atoms with Gasteiger partial charge >= 0.3 is 23.9 Å². The average molecular weight is 344 g/mol. The summed E-state index contributed by atoms with van der Waals surface area (Å²) in [6, 6.07) is 0. The van der Waals surface area contributed by atoms with Crippen LogP contribution in [0.5, 0.6) is 0 Å². The van der Waals surface area contributed by atoms with Crippen LogP contribution in [0.2, 0.25) is 0 Å².